The number of carbonyl (C=O) groups excluding carboxylic acids is 1. The number of rotatable bonds is 6. The minimum atomic E-state index is -0.725. The number of aryl methyl sites for hydroxylation is 1. The van der Waals surface area contributed by atoms with Crippen molar-refractivity contribution in [1.82, 2.24) is 20.1 Å². The fraction of sp³-hybridized carbons (Fsp3) is 0.304. The molecule has 0 bridgehead atoms. The highest BCUT2D eigenvalue weighted by Gasteiger charge is 2.35. The van der Waals surface area contributed by atoms with Gasteiger partial charge in [-0.25, -0.2) is 0 Å². The predicted molar refractivity (Wildman–Crippen MR) is 122 cm³/mol. The highest BCUT2D eigenvalue weighted by Crippen LogP contribution is 2.31. The maximum Gasteiger partial charge on any atom is 0.231 e. The van der Waals surface area contributed by atoms with Crippen LogP contribution in [-0.2, 0) is 4.79 Å². The van der Waals surface area contributed by atoms with Crippen molar-refractivity contribution in [1.29, 1.82) is 5.26 Å². The van der Waals surface area contributed by atoms with Crippen LogP contribution in [0.5, 0.6) is 0 Å². The number of carbonyl (C=O) groups is 1. The summed E-state index contributed by atoms with van der Waals surface area (Å²) in [6, 6.07) is 17.8. The first-order chi connectivity index (χ1) is 15.0. The number of hydrogen-bond acceptors (Lipinski definition) is 5. The third-order valence-corrected chi connectivity index (χ3v) is 6.59. The first-order valence-electron chi connectivity index (χ1n) is 10.1. The topological polar surface area (TPSA) is 83.6 Å². The molecule has 1 aromatic heterocycles. The lowest BCUT2D eigenvalue weighted by atomic mass is 10.0. The fourth-order valence-corrected chi connectivity index (χ4v) is 4.63. The minimum Gasteiger partial charge on any atom is -0.337 e. The molecule has 0 aliphatic heterocycles. The van der Waals surface area contributed by atoms with E-state index in [1.54, 1.807) is 0 Å². The maximum atomic E-state index is 12.6. The number of benzene rings is 2. The summed E-state index contributed by atoms with van der Waals surface area (Å²) in [4.78, 5) is 12.6. The summed E-state index contributed by atoms with van der Waals surface area (Å²) in [7, 11) is 0. The van der Waals surface area contributed by atoms with Crippen LogP contribution >= 0.6 is 23.4 Å². The molecule has 4 rings (SSSR count). The summed E-state index contributed by atoms with van der Waals surface area (Å²) in [5.74, 6) is 0.668. The Labute approximate surface area is 190 Å². The van der Waals surface area contributed by atoms with E-state index in [0.29, 0.717) is 28.8 Å². The van der Waals surface area contributed by atoms with E-state index in [1.807, 2.05) is 60.0 Å². The molecule has 1 saturated carbocycles. The van der Waals surface area contributed by atoms with Crippen LogP contribution in [0.2, 0.25) is 5.02 Å². The Hall–Kier alpha value is -2.82. The number of amides is 1. The number of hydrogen-bond donors (Lipinski definition) is 1. The van der Waals surface area contributed by atoms with Gasteiger partial charge in [0.25, 0.3) is 0 Å². The van der Waals surface area contributed by atoms with E-state index in [9.17, 15) is 10.1 Å². The molecule has 2 aromatic carbocycles. The van der Waals surface area contributed by atoms with Gasteiger partial charge in [-0.05, 0) is 69.0 Å². The molecule has 1 fully saturated rings. The molecular weight excluding hydrogens is 430 g/mol. The zero-order valence-corrected chi connectivity index (χ0v) is 18.7. The average molecular weight is 452 g/mol. The molecule has 0 atom stereocenters. The Morgan fingerprint density at radius 3 is 2.48 bits per heavy atom. The standard InChI is InChI=1S/C23H22ClN5OS/c1-16-4-10-19(11-5-16)29-21(17-6-8-18(24)9-7-17)27-28-22(29)31-14-20(30)26-23(15-25)12-2-3-13-23/h4-11H,2-3,12-14H2,1H3,(H,26,30). The van der Waals surface area contributed by atoms with Crippen molar-refractivity contribution in [3.8, 4) is 23.1 Å². The van der Waals surface area contributed by atoms with E-state index >= 15 is 0 Å². The first kappa shape index (κ1) is 21.4. The number of aromatic nitrogens is 3. The predicted octanol–water partition coefficient (Wildman–Crippen LogP) is 4.94. The van der Waals surface area contributed by atoms with Crippen LogP contribution < -0.4 is 5.32 Å². The van der Waals surface area contributed by atoms with Crippen LogP contribution in [0.3, 0.4) is 0 Å². The van der Waals surface area contributed by atoms with E-state index in [2.05, 4.69) is 21.6 Å². The van der Waals surface area contributed by atoms with Crippen molar-refractivity contribution < 1.29 is 4.79 Å². The summed E-state index contributed by atoms with van der Waals surface area (Å²) < 4.78 is 1.94. The third kappa shape index (κ3) is 4.76. The van der Waals surface area contributed by atoms with E-state index in [1.165, 1.54) is 11.8 Å². The molecule has 0 radical (unpaired) electrons. The fourth-order valence-electron chi connectivity index (χ4n) is 3.75. The Morgan fingerprint density at radius 2 is 1.84 bits per heavy atom. The number of nitrogens with zero attached hydrogens (tertiary/aromatic N) is 4. The van der Waals surface area contributed by atoms with Crippen LogP contribution in [0.15, 0.2) is 53.7 Å². The van der Waals surface area contributed by atoms with Gasteiger partial charge >= 0.3 is 0 Å². The molecule has 1 N–H and O–H groups in total. The third-order valence-electron chi connectivity index (χ3n) is 5.41. The van der Waals surface area contributed by atoms with Gasteiger partial charge in [0.1, 0.15) is 5.54 Å². The smallest absolute Gasteiger partial charge is 0.231 e. The number of thioether (sulfide) groups is 1. The number of nitriles is 1. The van der Waals surface area contributed by atoms with Gasteiger partial charge in [0, 0.05) is 16.3 Å². The summed E-state index contributed by atoms with van der Waals surface area (Å²) in [5, 5.41) is 22.4. The normalized spacial score (nSPS) is 14.9. The lowest BCUT2D eigenvalue weighted by molar-refractivity contribution is -0.119. The van der Waals surface area contributed by atoms with Gasteiger partial charge in [-0.3, -0.25) is 9.36 Å². The molecular formula is C23H22ClN5OS. The Balaban J connectivity index is 1.60. The summed E-state index contributed by atoms with van der Waals surface area (Å²) >= 11 is 7.35. The Morgan fingerprint density at radius 1 is 1.16 bits per heavy atom. The van der Waals surface area contributed by atoms with Crippen LogP contribution in [0.25, 0.3) is 17.1 Å². The molecule has 1 amide bonds. The van der Waals surface area contributed by atoms with Crippen molar-refractivity contribution >= 4 is 29.3 Å². The Kier molecular flexibility index (Phi) is 6.30. The number of nitrogens with one attached hydrogen (secondary N) is 1. The van der Waals surface area contributed by atoms with E-state index in [-0.39, 0.29) is 11.7 Å². The highest BCUT2D eigenvalue weighted by atomic mass is 35.5. The van der Waals surface area contributed by atoms with E-state index in [0.717, 1.165) is 29.7 Å². The molecule has 0 saturated heterocycles. The van der Waals surface area contributed by atoms with Crippen LogP contribution in [0, 0.1) is 18.3 Å². The molecule has 1 aliphatic rings. The summed E-state index contributed by atoms with van der Waals surface area (Å²) in [6.07, 6.45) is 3.35. The number of halogens is 1. The van der Waals surface area contributed by atoms with Crippen molar-refractivity contribution in [2.24, 2.45) is 0 Å². The summed E-state index contributed by atoms with van der Waals surface area (Å²) in [5.41, 5.74) is 2.21. The molecule has 1 aliphatic carbocycles. The molecule has 31 heavy (non-hydrogen) atoms. The van der Waals surface area contributed by atoms with Crippen molar-refractivity contribution in [2.75, 3.05) is 5.75 Å². The van der Waals surface area contributed by atoms with Crippen molar-refractivity contribution in [3.63, 3.8) is 0 Å². The quantitative estimate of drug-likeness (QED) is 0.536. The first-order valence-corrected chi connectivity index (χ1v) is 11.5. The molecule has 3 aromatic rings. The lowest BCUT2D eigenvalue weighted by Crippen LogP contribution is -2.45. The molecule has 1 heterocycles. The van der Waals surface area contributed by atoms with Gasteiger partial charge in [-0.2, -0.15) is 5.26 Å². The highest BCUT2D eigenvalue weighted by molar-refractivity contribution is 7.99. The minimum absolute atomic E-state index is 0.161. The van der Waals surface area contributed by atoms with Gasteiger partial charge < -0.3 is 5.32 Å². The molecule has 158 valence electrons. The second-order valence-electron chi connectivity index (χ2n) is 7.72. The van der Waals surface area contributed by atoms with Crippen molar-refractivity contribution in [3.05, 3.63) is 59.1 Å². The van der Waals surface area contributed by atoms with Gasteiger partial charge in [0.2, 0.25) is 5.91 Å². The van der Waals surface area contributed by atoms with Gasteiger partial charge in [0.05, 0.1) is 11.8 Å². The second-order valence-corrected chi connectivity index (χ2v) is 9.10. The average Bonchev–Trinajstić information content (AvgIpc) is 3.41. The van der Waals surface area contributed by atoms with E-state index < -0.39 is 5.54 Å². The maximum absolute atomic E-state index is 12.6. The van der Waals surface area contributed by atoms with Crippen LogP contribution in [-0.4, -0.2) is 32.0 Å². The lowest BCUT2D eigenvalue weighted by Gasteiger charge is -2.21. The largest absolute Gasteiger partial charge is 0.337 e. The monoisotopic (exact) mass is 451 g/mol. The Bertz CT molecular complexity index is 1110. The van der Waals surface area contributed by atoms with Gasteiger partial charge in [0.15, 0.2) is 11.0 Å². The molecule has 6 nitrogen and oxygen atoms in total. The van der Waals surface area contributed by atoms with E-state index in [4.69, 9.17) is 11.6 Å². The zero-order valence-electron chi connectivity index (χ0n) is 17.1. The zero-order chi connectivity index (χ0) is 21.8. The molecule has 0 unspecified atom stereocenters. The van der Waals surface area contributed by atoms with Crippen LogP contribution in [0.4, 0.5) is 0 Å². The van der Waals surface area contributed by atoms with Gasteiger partial charge in [-0.15, -0.1) is 10.2 Å². The van der Waals surface area contributed by atoms with Crippen LogP contribution in [0.1, 0.15) is 31.2 Å². The molecule has 0 spiro atoms. The van der Waals surface area contributed by atoms with Gasteiger partial charge in [-0.1, -0.05) is 41.1 Å². The molecule has 8 heteroatoms. The SMILES string of the molecule is Cc1ccc(-n2c(SCC(=O)NC3(C#N)CCCC3)nnc2-c2ccc(Cl)cc2)cc1. The van der Waals surface area contributed by atoms with Crippen molar-refractivity contribution in [2.45, 2.75) is 43.3 Å². The second kappa shape index (κ2) is 9.13. The summed E-state index contributed by atoms with van der Waals surface area (Å²) in [6.45, 7) is 2.03.